The molecule has 0 aliphatic rings. The smallest absolute Gasteiger partial charge is 0.258 e. The maximum absolute atomic E-state index is 5.38. The van der Waals surface area contributed by atoms with Crippen LogP contribution >= 0.6 is 0 Å². The monoisotopic (exact) mass is 325 g/mol. The van der Waals surface area contributed by atoms with E-state index in [0.29, 0.717) is 18.1 Å². The number of ether oxygens (including phenoxy) is 1. The molecule has 0 spiro atoms. The third-order valence-electron chi connectivity index (χ3n) is 3.70. The van der Waals surface area contributed by atoms with Gasteiger partial charge in [-0.2, -0.15) is 4.98 Å². The number of benzene rings is 1. The van der Waals surface area contributed by atoms with E-state index in [1.54, 1.807) is 13.3 Å². The lowest BCUT2D eigenvalue weighted by atomic mass is 10.1. The lowest BCUT2D eigenvalue weighted by Crippen LogP contribution is -1.90. The average molecular weight is 325 g/mol. The first-order valence-electron chi connectivity index (χ1n) is 7.91. The van der Waals surface area contributed by atoms with Crippen molar-refractivity contribution in [3.8, 4) is 17.2 Å². The number of nitrogens with zero attached hydrogens (tertiary/aromatic N) is 3. The number of allylic oxidation sites excluding steroid dienone is 2. The molecule has 0 aliphatic heterocycles. The highest BCUT2D eigenvalue weighted by atomic mass is 16.5. The molecule has 0 saturated heterocycles. The van der Waals surface area contributed by atoms with Crippen LogP contribution in [0.1, 0.15) is 38.1 Å². The van der Waals surface area contributed by atoms with Gasteiger partial charge in [-0.25, -0.2) is 0 Å². The summed E-state index contributed by atoms with van der Waals surface area (Å²) in [7, 11) is 1.64. The molecule has 1 aromatic heterocycles. The zero-order valence-corrected chi connectivity index (χ0v) is 14.7. The molecule has 1 heterocycles. The lowest BCUT2D eigenvalue weighted by molar-refractivity contribution is 0.410. The largest absolute Gasteiger partial charge is 0.496 e. The maximum Gasteiger partial charge on any atom is 0.258 e. The fourth-order valence-electron chi connectivity index (χ4n) is 2.23. The Morgan fingerprint density at radius 3 is 2.88 bits per heavy atom. The summed E-state index contributed by atoms with van der Waals surface area (Å²) in [6.07, 6.45) is 5.19. The summed E-state index contributed by atoms with van der Waals surface area (Å²) in [6.45, 7) is 10.0. The van der Waals surface area contributed by atoms with Gasteiger partial charge in [0.2, 0.25) is 0 Å². The molecule has 0 N–H and O–H groups in total. The first kappa shape index (κ1) is 17.7. The molecule has 5 heteroatoms. The molecule has 0 radical (unpaired) electrons. The fourth-order valence-corrected chi connectivity index (χ4v) is 2.23. The molecule has 0 amide bonds. The van der Waals surface area contributed by atoms with Crippen molar-refractivity contribution < 1.29 is 9.26 Å². The summed E-state index contributed by atoms with van der Waals surface area (Å²) in [6, 6.07) is 5.79. The number of methoxy groups -OCH3 is 1. The van der Waals surface area contributed by atoms with Crippen molar-refractivity contribution in [2.45, 2.75) is 33.6 Å². The van der Waals surface area contributed by atoms with Crippen molar-refractivity contribution in [2.24, 2.45) is 4.99 Å². The molecule has 0 fully saturated rings. The van der Waals surface area contributed by atoms with Gasteiger partial charge in [-0.3, -0.25) is 4.99 Å². The van der Waals surface area contributed by atoms with Gasteiger partial charge in [0.25, 0.3) is 5.89 Å². The standard InChI is InChI=1S/C19H23N3O2/c1-6-15(12-20-7-2)10-14(4)18-21-19(24-22-18)16-9-8-13(3)17(11-16)23-5/h7-9,11-12H,4,6,10H2,1-3,5H3/b15-12-,20-7-. The number of rotatable bonds is 7. The second-order valence-corrected chi connectivity index (χ2v) is 5.44. The molecule has 2 aromatic rings. The second-order valence-electron chi connectivity index (χ2n) is 5.44. The predicted octanol–water partition coefficient (Wildman–Crippen LogP) is 4.84. The van der Waals surface area contributed by atoms with E-state index < -0.39 is 0 Å². The number of hydrogen-bond donors (Lipinski definition) is 0. The number of aromatic nitrogens is 2. The Kier molecular flexibility index (Phi) is 6.07. The Bertz CT molecular complexity index is 773. The number of hydrogen-bond acceptors (Lipinski definition) is 5. The van der Waals surface area contributed by atoms with Crippen LogP contribution in [0.3, 0.4) is 0 Å². The molecule has 5 nitrogen and oxygen atoms in total. The van der Waals surface area contributed by atoms with Gasteiger partial charge in [0, 0.05) is 18.0 Å². The van der Waals surface area contributed by atoms with E-state index in [4.69, 9.17) is 9.26 Å². The second kappa shape index (κ2) is 8.24. The summed E-state index contributed by atoms with van der Waals surface area (Å²) in [4.78, 5) is 8.62. The van der Waals surface area contributed by atoms with Gasteiger partial charge in [0.05, 0.1) is 7.11 Å². The summed E-state index contributed by atoms with van der Waals surface area (Å²) in [5, 5.41) is 4.05. The van der Waals surface area contributed by atoms with Gasteiger partial charge in [-0.15, -0.1) is 0 Å². The van der Waals surface area contributed by atoms with Crippen molar-refractivity contribution in [1.29, 1.82) is 0 Å². The molecule has 1 aromatic carbocycles. The highest BCUT2D eigenvalue weighted by Gasteiger charge is 2.13. The minimum absolute atomic E-state index is 0.457. The van der Waals surface area contributed by atoms with Gasteiger partial charge < -0.3 is 9.26 Å². The highest BCUT2D eigenvalue weighted by molar-refractivity contribution is 5.63. The van der Waals surface area contributed by atoms with Gasteiger partial charge in [0.15, 0.2) is 5.82 Å². The Hall–Kier alpha value is -2.69. The van der Waals surface area contributed by atoms with E-state index in [-0.39, 0.29) is 0 Å². The van der Waals surface area contributed by atoms with Crippen LogP contribution in [0, 0.1) is 6.92 Å². The maximum atomic E-state index is 5.38. The molecule has 0 bridgehead atoms. The number of aryl methyl sites for hydroxylation is 1. The molecule has 0 atom stereocenters. The van der Waals surface area contributed by atoms with Gasteiger partial charge in [-0.1, -0.05) is 24.7 Å². The lowest BCUT2D eigenvalue weighted by Gasteiger charge is -2.05. The van der Waals surface area contributed by atoms with E-state index in [9.17, 15) is 0 Å². The van der Waals surface area contributed by atoms with E-state index in [0.717, 1.165) is 28.9 Å². The van der Waals surface area contributed by atoms with Gasteiger partial charge >= 0.3 is 0 Å². The first-order valence-corrected chi connectivity index (χ1v) is 7.91. The van der Waals surface area contributed by atoms with Crippen LogP contribution in [0.2, 0.25) is 0 Å². The van der Waals surface area contributed by atoms with E-state index in [1.165, 1.54) is 5.57 Å². The zero-order chi connectivity index (χ0) is 17.5. The summed E-state index contributed by atoms with van der Waals surface area (Å²) < 4.78 is 10.7. The van der Waals surface area contributed by atoms with Crippen molar-refractivity contribution in [2.75, 3.05) is 7.11 Å². The minimum Gasteiger partial charge on any atom is -0.496 e. The van der Waals surface area contributed by atoms with Crippen LogP contribution in [0.4, 0.5) is 0 Å². The van der Waals surface area contributed by atoms with Crippen LogP contribution in [0.25, 0.3) is 17.0 Å². The number of aliphatic imine (C=N–C) groups is 1. The summed E-state index contributed by atoms with van der Waals surface area (Å²) in [5.41, 5.74) is 3.86. The molecular weight excluding hydrogens is 302 g/mol. The first-order chi connectivity index (χ1) is 11.6. The molecular formula is C19H23N3O2. The van der Waals surface area contributed by atoms with E-state index in [1.807, 2.05) is 38.2 Å². The third-order valence-corrected chi connectivity index (χ3v) is 3.70. The van der Waals surface area contributed by atoms with Crippen molar-refractivity contribution in [1.82, 2.24) is 10.1 Å². The van der Waals surface area contributed by atoms with Crippen LogP contribution in [-0.4, -0.2) is 23.5 Å². The van der Waals surface area contributed by atoms with Crippen molar-refractivity contribution in [3.63, 3.8) is 0 Å². The zero-order valence-electron chi connectivity index (χ0n) is 14.7. The van der Waals surface area contributed by atoms with Crippen molar-refractivity contribution >= 4 is 11.8 Å². The average Bonchev–Trinajstić information content (AvgIpc) is 3.09. The SMILES string of the molecule is C=C(C/C(=C\N=C/C)CC)c1noc(-c2ccc(C)c(OC)c2)n1. The Morgan fingerprint density at radius 2 is 2.21 bits per heavy atom. The molecule has 0 saturated carbocycles. The van der Waals surface area contributed by atoms with Gasteiger partial charge in [-0.05, 0) is 55.5 Å². The fraction of sp³-hybridized carbons (Fsp3) is 0.316. The van der Waals surface area contributed by atoms with Crippen LogP contribution in [0.5, 0.6) is 5.75 Å². The van der Waals surface area contributed by atoms with E-state index in [2.05, 4.69) is 28.6 Å². The minimum atomic E-state index is 0.457. The quantitative estimate of drug-likeness (QED) is 0.683. The van der Waals surface area contributed by atoms with E-state index >= 15 is 0 Å². The van der Waals surface area contributed by atoms with Gasteiger partial charge in [0.1, 0.15) is 5.75 Å². The third kappa shape index (κ3) is 4.19. The van der Waals surface area contributed by atoms with Crippen LogP contribution in [0.15, 0.2) is 46.1 Å². The Balaban J connectivity index is 2.19. The molecule has 24 heavy (non-hydrogen) atoms. The summed E-state index contributed by atoms with van der Waals surface area (Å²) in [5.74, 6) is 1.77. The topological polar surface area (TPSA) is 60.5 Å². The highest BCUT2D eigenvalue weighted by Crippen LogP contribution is 2.27. The molecule has 0 aliphatic carbocycles. The molecule has 2 rings (SSSR count). The Morgan fingerprint density at radius 1 is 1.42 bits per heavy atom. The van der Waals surface area contributed by atoms with Crippen LogP contribution < -0.4 is 4.74 Å². The van der Waals surface area contributed by atoms with Crippen molar-refractivity contribution in [3.05, 3.63) is 47.9 Å². The predicted molar refractivity (Wildman–Crippen MR) is 97.2 cm³/mol. The molecule has 126 valence electrons. The Labute approximate surface area is 142 Å². The molecule has 0 unspecified atom stereocenters. The summed E-state index contributed by atoms with van der Waals surface area (Å²) >= 11 is 0. The normalized spacial score (nSPS) is 11.9. The van der Waals surface area contributed by atoms with Crippen LogP contribution in [-0.2, 0) is 0 Å².